The first-order valence-electron chi connectivity index (χ1n) is 5.45. The van der Waals surface area contributed by atoms with Crippen LogP contribution in [0.2, 0.25) is 0 Å². The predicted octanol–water partition coefficient (Wildman–Crippen LogP) is 0.270. The molecule has 0 saturated heterocycles. The molecule has 0 aliphatic carbocycles. The van der Waals surface area contributed by atoms with Crippen molar-refractivity contribution >= 4 is 11.6 Å². The van der Waals surface area contributed by atoms with Crippen molar-refractivity contribution in [1.29, 1.82) is 0 Å². The van der Waals surface area contributed by atoms with E-state index in [0.29, 0.717) is 17.2 Å². The summed E-state index contributed by atoms with van der Waals surface area (Å²) in [5, 5.41) is 11.9. The first kappa shape index (κ1) is 14.3. The number of carbonyl (C=O) groups is 1. The first-order valence-corrected chi connectivity index (χ1v) is 5.45. The smallest absolute Gasteiger partial charge is 0.254 e. The number of carbonyl (C=O) groups excluding carboxylic acids is 1. The van der Waals surface area contributed by atoms with Gasteiger partial charge in [-0.05, 0) is 18.6 Å². The van der Waals surface area contributed by atoms with Crippen LogP contribution in [0.3, 0.4) is 0 Å². The number of nitrogens with two attached hydrogens (primary N) is 1. The summed E-state index contributed by atoms with van der Waals surface area (Å²) in [6, 6.07) is 3.37. The van der Waals surface area contributed by atoms with Crippen LogP contribution in [0.4, 0.5) is 5.69 Å². The number of amides is 1. The number of aliphatic hydroxyl groups excluding tert-OH is 1. The molecule has 1 amide bonds. The van der Waals surface area contributed by atoms with Crippen LogP contribution in [-0.4, -0.2) is 37.9 Å². The van der Waals surface area contributed by atoms with Crippen LogP contribution in [0.25, 0.3) is 0 Å². The van der Waals surface area contributed by atoms with Crippen LogP contribution in [0, 0.1) is 6.92 Å². The fourth-order valence-electron chi connectivity index (χ4n) is 1.44. The molecule has 0 aliphatic rings. The van der Waals surface area contributed by atoms with Gasteiger partial charge in [0, 0.05) is 18.3 Å². The molecule has 0 fully saturated rings. The summed E-state index contributed by atoms with van der Waals surface area (Å²) in [7, 11) is 3.04. The van der Waals surface area contributed by atoms with Crippen molar-refractivity contribution < 1.29 is 19.4 Å². The van der Waals surface area contributed by atoms with Crippen LogP contribution in [0.5, 0.6) is 11.5 Å². The van der Waals surface area contributed by atoms with Crippen molar-refractivity contribution in [3.8, 4) is 11.5 Å². The Balaban J connectivity index is 2.99. The first-order chi connectivity index (χ1) is 8.53. The molecule has 0 aliphatic heterocycles. The summed E-state index contributed by atoms with van der Waals surface area (Å²) in [6.45, 7) is 1.69. The average Bonchev–Trinajstić information content (AvgIpc) is 2.39. The second kappa shape index (κ2) is 6.23. The summed E-state index contributed by atoms with van der Waals surface area (Å²) in [4.78, 5) is 11.5. The number of ether oxygens (including phenoxy) is 2. The molecule has 0 radical (unpaired) electrons. The van der Waals surface area contributed by atoms with Crippen molar-refractivity contribution in [1.82, 2.24) is 0 Å². The molecule has 0 spiro atoms. The van der Waals surface area contributed by atoms with E-state index >= 15 is 0 Å². The van der Waals surface area contributed by atoms with Crippen molar-refractivity contribution in [2.75, 3.05) is 26.1 Å². The molecule has 6 heteroatoms. The normalized spacial score (nSPS) is 11.8. The van der Waals surface area contributed by atoms with Gasteiger partial charge in [-0.3, -0.25) is 4.79 Å². The molecule has 1 aromatic carbocycles. The highest BCUT2D eigenvalue weighted by Gasteiger charge is 2.15. The van der Waals surface area contributed by atoms with Crippen molar-refractivity contribution in [3.63, 3.8) is 0 Å². The standard InChI is InChI=1S/C12H18N2O4/c1-7-4-10(17-2)11(18-3)5-8(7)14-12(16)9(15)6-13/h4-5,9,15H,6,13H2,1-3H3,(H,14,16). The van der Waals surface area contributed by atoms with Gasteiger partial charge >= 0.3 is 0 Å². The van der Waals surface area contributed by atoms with Gasteiger partial charge in [0.05, 0.1) is 14.2 Å². The van der Waals surface area contributed by atoms with Gasteiger partial charge in [0.2, 0.25) is 0 Å². The van der Waals surface area contributed by atoms with Crippen LogP contribution in [-0.2, 0) is 4.79 Å². The van der Waals surface area contributed by atoms with Gasteiger partial charge in [-0.25, -0.2) is 0 Å². The molecule has 6 nitrogen and oxygen atoms in total. The van der Waals surface area contributed by atoms with Crippen LogP contribution in [0.15, 0.2) is 12.1 Å². The molecule has 18 heavy (non-hydrogen) atoms. The molecule has 1 aromatic rings. The zero-order valence-electron chi connectivity index (χ0n) is 10.7. The molecule has 0 saturated carbocycles. The predicted molar refractivity (Wildman–Crippen MR) is 68.0 cm³/mol. The number of hydrogen-bond acceptors (Lipinski definition) is 5. The van der Waals surface area contributed by atoms with Gasteiger partial charge in [0.25, 0.3) is 5.91 Å². The van der Waals surface area contributed by atoms with Crippen LogP contribution in [0.1, 0.15) is 5.56 Å². The van der Waals surface area contributed by atoms with E-state index in [-0.39, 0.29) is 6.54 Å². The molecule has 4 N–H and O–H groups in total. The van der Waals surface area contributed by atoms with E-state index in [9.17, 15) is 9.90 Å². The zero-order valence-corrected chi connectivity index (χ0v) is 10.7. The summed E-state index contributed by atoms with van der Waals surface area (Å²) in [5.74, 6) is 0.529. The Hall–Kier alpha value is -1.79. The van der Waals surface area contributed by atoms with Crippen LogP contribution >= 0.6 is 0 Å². The summed E-state index contributed by atoms with van der Waals surface area (Å²) < 4.78 is 10.3. The lowest BCUT2D eigenvalue weighted by atomic mass is 10.1. The minimum Gasteiger partial charge on any atom is -0.493 e. The maximum Gasteiger partial charge on any atom is 0.254 e. The lowest BCUT2D eigenvalue weighted by molar-refractivity contribution is -0.123. The van der Waals surface area contributed by atoms with E-state index in [2.05, 4.69) is 5.32 Å². The summed E-state index contributed by atoms with van der Waals surface area (Å²) in [6.07, 6.45) is -1.22. The third-order valence-electron chi connectivity index (χ3n) is 2.51. The number of rotatable bonds is 5. The number of aryl methyl sites for hydroxylation is 1. The Morgan fingerprint density at radius 2 is 1.94 bits per heavy atom. The number of benzene rings is 1. The Bertz CT molecular complexity index is 434. The van der Waals surface area contributed by atoms with Crippen molar-refractivity contribution in [2.45, 2.75) is 13.0 Å². The van der Waals surface area contributed by atoms with Gasteiger partial charge in [0.1, 0.15) is 6.10 Å². The maximum atomic E-state index is 11.5. The highest BCUT2D eigenvalue weighted by Crippen LogP contribution is 2.32. The van der Waals surface area contributed by atoms with Gasteiger partial charge in [-0.1, -0.05) is 0 Å². The lowest BCUT2D eigenvalue weighted by Crippen LogP contribution is -2.34. The minimum absolute atomic E-state index is 0.127. The van der Waals surface area contributed by atoms with E-state index in [1.165, 1.54) is 14.2 Å². The summed E-state index contributed by atoms with van der Waals surface area (Å²) >= 11 is 0. The minimum atomic E-state index is -1.22. The van der Waals surface area contributed by atoms with Gasteiger partial charge in [-0.15, -0.1) is 0 Å². The third-order valence-corrected chi connectivity index (χ3v) is 2.51. The molecule has 1 rings (SSSR count). The number of aliphatic hydroxyl groups is 1. The third kappa shape index (κ3) is 3.12. The second-order valence-corrected chi connectivity index (χ2v) is 3.76. The van der Waals surface area contributed by atoms with E-state index in [1.807, 2.05) is 6.92 Å². The Morgan fingerprint density at radius 1 is 1.39 bits per heavy atom. The second-order valence-electron chi connectivity index (χ2n) is 3.76. The highest BCUT2D eigenvalue weighted by atomic mass is 16.5. The number of nitrogens with one attached hydrogen (secondary N) is 1. The largest absolute Gasteiger partial charge is 0.493 e. The number of hydrogen-bond donors (Lipinski definition) is 3. The fourth-order valence-corrected chi connectivity index (χ4v) is 1.44. The molecule has 1 atom stereocenters. The summed E-state index contributed by atoms with van der Waals surface area (Å²) in [5.41, 5.74) is 6.55. The zero-order chi connectivity index (χ0) is 13.7. The molecule has 100 valence electrons. The Labute approximate surface area is 106 Å². The lowest BCUT2D eigenvalue weighted by Gasteiger charge is -2.15. The van der Waals surface area contributed by atoms with Gasteiger partial charge < -0.3 is 25.6 Å². The molecule has 1 unspecified atom stereocenters. The monoisotopic (exact) mass is 254 g/mol. The average molecular weight is 254 g/mol. The van der Waals surface area contributed by atoms with E-state index in [1.54, 1.807) is 12.1 Å². The molecule has 0 aromatic heterocycles. The molecular weight excluding hydrogens is 236 g/mol. The highest BCUT2D eigenvalue weighted by molar-refractivity contribution is 5.95. The van der Waals surface area contributed by atoms with Crippen LogP contribution < -0.4 is 20.5 Å². The number of methoxy groups -OCH3 is 2. The van der Waals surface area contributed by atoms with Crippen molar-refractivity contribution in [3.05, 3.63) is 17.7 Å². The SMILES string of the molecule is COc1cc(C)c(NC(=O)C(O)CN)cc1OC. The quantitative estimate of drug-likeness (QED) is 0.701. The number of anilines is 1. The van der Waals surface area contributed by atoms with E-state index < -0.39 is 12.0 Å². The Kier molecular flexibility index (Phi) is 4.94. The van der Waals surface area contributed by atoms with E-state index in [0.717, 1.165) is 5.56 Å². The molecule has 0 bridgehead atoms. The fraction of sp³-hybridized carbons (Fsp3) is 0.417. The molecule has 0 heterocycles. The van der Waals surface area contributed by atoms with E-state index in [4.69, 9.17) is 15.2 Å². The maximum absolute atomic E-state index is 11.5. The topological polar surface area (TPSA) is 93.8 Å². The Morgan fingerprint density at radius 3 is 2.44 bits per heavy atom. The van der Waals surface area contributed by atoms with Crippen molar-refractivity contribution in [2.24, 2.45) is 5.73 Å². The van der Waals surface area contributed by atoms with Gasteiger partial charge in [-0.2, -0.15) is 0 Å². The van der Waals surface area contributed by atoms with Gasteiger partial charge in [0.15, 0.2) is 11.5 Å². The molecular formula is C12H18N2O4.